The van der Waals surface area contributed by atoms with E-state index in [1.54, 1.807) is 6.20 Å². The van der Waals surface area contributed by atoms with Crippen molar-refractivity contribution in [2.45, 2.75) is 39.0 Å². The molecule has 8 heteroatoms. The summed E-state index contributed by atoms with van der Waals surface area (Å²) < 4.78 is 0. The number of amides is 1. The fourth-order valence-corrected chi connectivity index (χ4v) is 6.23. The van der Waals surface area contributed by atoms with E-state index in [2.05, 4.69) is 22.1 Å². The second-order valence-corrected chi connectivity index (χ2v) is 10.0. The number of nitrogens with one attached hydrogen (secondary N) is 1. The van der Waals surface area contributed by atoms with Crippen LogP contribution < -0.4 is 10.2 Å². The van der Waals surface area contributed by atoms with Gasteiger partial charge in [0.05, 0.1) is 12.0 Å². The van der Waals surface area contributed by atoms with Crippen molar-refractivity contribution in [1.82, 2.24) is 20.3 Å². The molecule has 1 fully saturated rings. The summed E-state index contributed by atoms with van der Waals surface area (Å²) in [4.78, 5) is 31.5. The van der Waals surface area contributed by atoms with Crippen molar-refractivity contribution in [1.29, 1.82) is 0 Å². The van der Waals surface area contributed by atoms with Crippen LogP contribution in [0.3, 0.4) is 0 Å². The second kappa shape index (κ2) is 9.11. The molecule has 0 unspecified atom stereocenters. The molecule has 3 aromatic heterocycles. The highest BCUT2D eigenvalue weighted by Gasteiger charge is 2.30. The number of anilines is 1. The molecule has 32 heavy (non-hydrogen) atoms. The van der Waals surface area contributed by atoms with Gasteiger partial charge in [-0.05, 0) is 55.7 Å². The molecule has 5 rings (SSSR count). The summed E-state index contributed by atoms with van der Waals surface area (Å²) in [5.41, 5.74) is 2.35. The van der Waals surface area contributed by atoms with Crippen molar-refractivity contribution in [3.63, 3.8) is 0 Å². The van der Waals surface area contributed by atoms with E-state index in [-0.39, 0.29) is 18.4 Å². The minimum Gasteiger partial charge on any atom is -0.395 e. The lowest BCUT2D eigenvalue weighted by molar-refractivity contribution is -0.125. The summed E-state index contributed by atoms with van der Waals surface area (Å²) in [5.74, 6) is 2.47. The Balaban J connectivity index is 1.50. The number of carbonyl (C=O) groups is 1. The van der Waals surface area contributed by atoms with E-state index in [9.17, 15) is 4.79 Å². The fourth-order valence-electron chi connectivity index (χ4n) is 4.85. The van der Waals surface area contributed by atoms with Crippen LogP contribution in [-0.2, 0) is 17.6 Å². The van der Waals surface area contributed by atoms with Crippen molar-refractivity contribution in [3.8, 4) is 11.4 Å². The van der Waals surface area contributed by atoms with E-state index in [4.69, 9.17) is 15.1 Å². The molecule has 2 aliphatic rings. The molecule has 0 saturated carbocycles. The van der Waals surface area contributed by atoms with Gasteiger partial charge in [-0.2, -0.15) is 0 Å². The van der Waals surface area contributed by atoms with E-state index in [0.717, 1.165) is 60.8 Å². The Morgan fingerprint density at radius 3 is 2.88 bits per heavy atom. The third-order valence-electron chi connectivity index (χ3n) is 6.63. The number of aryl methyl sites for hydroxylation is 1. The molecule has 1 amide bonds. The number of aliphatic hydroxyl groups is 1. The number of carbonyl (C=O) groups excluding carboxylic acids is 1. The highest BCUT2D eigenvalue weighted by molar-refractivity contribution is 7.19. The molecule has 1 atom stereocenters. The number of thiophene rings is 1. The van der Waals surface area contributed by atoms with E-state index in [1.807, 2.05) is 29.7 Å². The van der Waals surface area contributed by atoms with Gasteiger partial charge in [-0.1, -0.05) is 6.92 Å². The van der Waals surface area contributed by atoms with Crippen molar-refractivity contribution >= 4 is 33.3 Å². The van der Waals surface area contributed by atoms with Gasteiger partial charge in [-0.15, -0.1) is 11.3 Å². The van der Waals surface area contributed by atoms with Gasteiger partial charge >= 0.3 is 0 Å². The summed E-state index contributed by atoms with van der Waals surface area (Å²) in [5, 5.41) is 13.0. The van der Waals surface area contributed by atoms with E-state index < -0.39 is 0 Å². The Morgan fingerprint density at radius 1 is 1.28 bits per heavy atom. The molecular weight excluding hydrogens is 422 g/mol. The lowest BCUT2D eigenvalue weighted by Crippen LogP contribution is -2.41. The molecule has 0 aromatic carbocycles. The van der Waals surface area contributed by atoms with Crippen LogP contribution in [0, 0.1) is 11.8 Å². The van der Waals surface area contributed by atoms with Crippen LogP contribution in [0.1, 0.15) is 36.6 Å². The van der Waals surface area contributed by atoms with Crippen molar-refractivity contribution in [2.75, 3.05) is 31.1 Å². The Morgan fingerprint density at radius 2 is 2.12 bits per heavy atom. The zero-order valence-corrected chi connectivity index (χ0v) is 19.2. The van der Waals surface area contributed by atoms with Gasteiger partial charge in [-0.3, -0.25) is 9.78 Å². The van der Waals surface area contributed by atoms with Gasteiger partial charge < -0.3 is 15.3 Å². The molecule has 0 spiro atoms. The van der Waals surface area contributed by atoms with E-state index >= 15 is 0 Å². The van der Waals surface area contributed by atoms with Crippen LogP contribution in [-0.4, -0.2) is 52.2 Å². The molecule has 4 heterocycles. The lowest BCUT2D eigenvalue weighted by atomic mass is 9.89. The molecule has 1 aliphatic carbocycles. The number of fused-ring (bicyclic) bond motifs is 3. The van der Waals surface area contributed by atoms with Gasteiger partial charge in [0.25, 0.3) is 0 Å². The average molecular weight is 452 g/mol. The summed E-state index contributed by atoms with van der Waals surface area (Å²) >= 11 is 1.82. The first kappa shape index (κ1) is 21.3. The highest BCUT2D eigenvalue weighted by atomic mass is 32.1. The fraction of sp³-hybridized carbons (Fsp3) is 0.500. The Bertz CT molecular complexity index is 1110. The number of hydrogen-bond acceptors (Lipinski definition) is 7. The van der Waals surface area contributed by atoms with Gasteiger partial charge in [-0.25, -0.2) is 9.97 Å². The van der Waals surface area contributed by atoms with Crippen LogP contribution >= 0.6 is 11.3 Å². The maximum absolute atomic E-state index is 12.4. The van der Waals surface area contributed by atoms with Gasteiger partial charge in [0.1, 0.15) is 10.6 Å². The standard InChI is InChI=1S/C24H29N5O2S/c1-15-4-5-18-19(13-15)32-24-20(18)22(27-21(28-24)17-3-2-8-25-14-17)29-10-6-16(7-11-29)23(31)26-9-12-30/h2-3,8,14-16,30H,4-7,9-13H2,1H3,(H,26,31)/t15-/m0/s1. The predicted molar refractivity (Wildman–Crippen MR) is 127 cm³/mol. The Hall–Kier alpha value is -2.58. The molecule has 1 saturated heterocycles. The normalized spacial score (nSPS) is 19.2. The van der Waals surface area contributed by atoms with E-state index in [0.29, 0.717) is 12.5 Å². The minimum absolute atomic E-state index is 0.00911. The first-order valence-corrected chi connectivity index (χ1v) is 12.3. The third kappa shape index (κ3) is 4.09. The average Bonchev–Trinajstić information content (AvgIpc) is 3.20. The SMILES string of the molecule is C[C@H]1CCc2c(sc3nc(-c4cccnc4)nc(N4CCC(C(=O)NCCO)CC4)c23)C1. The van der Waals surface area contributed by atoms with Gasteiger partial charge in [0.2, 0.25) is 5.91 Å². The summed E-state index contributed by atoms with van der Waals surface area (Å²) in [6.07, 6.45) is 8.56. The first-order chi connectivity index (χ1) is 15.6. The van der Waals surface area contributed by atoms with Crippen LogP contribution in [0.15, 0.2) is 24.5 Å². The number of hydrogen-bond donors (Lipinski definition) is 2. The van der Waals surface area contributed by atoms with Gasteiger partial charge in [0, 0.05) is 48.4 Å². The Kier molecular flexibility index (Phi) is 6.06. The van der Waals surface area contributed by atoms with Gasteiger partial charge in [0.15, 0.2) is 5.82 Å². The number of pyridine rings is 1. The number of rotatable bonds is 5. The summed E-state index contributed by atoms with van der Waals surface area (Å²) in [6, 6.07) is 3.92. The van der Waals surface area contributed by atoms with E-state index in [1.165, 1.54) is 22.2 Å². The first-order valence-electron chi connectivity index (χ1n) is 11.5. The predicted octanol–water partition coefficient (Wildman–Crippen LogP) is 3.20. The van der Waals surface area contributed by atoms with Crippen molar-refractivity contribution in [2.24, 2.45) is 11.8 Å². The molecule has 3 aromatic rings. The topological polar surface area (TPSA) is 91.2 Å². The van der Waals surface area contributed by atoms with Crippen LogP contribution in [0.5, 0.6) is 0 Å². The number of nitrogens with zero attached hydrogens (tertiary/aromatic N) is 4. The molecule has 1 aliphatic heterocycles. The number of aliphatic hydroxyl groups excluding tert-OH is 1. The molecule has 0 radical (unpaired) electrons. The summed E-state index contributed by atoms with van der Waals surface area (Å²) in [6.45, 7) is 4.20. The summed E-state index contributed by atoms with van der Waals surface area (Å²) in [7, 11) is 0. The number of piperidine rings is 1. The highest BCUT2D eigenvalue weighted by Crippen LogP contribution is 2.42. The second-order valence-electron chi connectivity index (χ2n) is 8.92. The minimum atomic E-state index is -0.0253. The number of aromatic nitrogens is 3. The Labute approximate surface area is 191 Å². The van der Waals surface area contributed by atoms with Crippen LogP contribution in [0.2, 0.25) is 0 Å². The zero-order chi connectivity index (χ0) is 22.1. The molecule has 0 bridgehead atoms. The third-order valence-corrected chi connectivity index (χ3v) is 7.78. The largest absolute Gasteiger partial charge is 0.395 e. The lowest BCUT2D eigenvalue weighted by Gasteiger charge is -2.33. The molecular formula is C24H29N5O2S. The van der Waals surface area contributed by atoms with Crippen molar-refractivity contribution < 1.29 is 9.90 Å². The quantitative estimate of drug-likeness (QED) is 0.619. The monoisotopic (exact) mass is 451 g/mol. The van der Waals surface area contributed by atoms with Crippen LogP contribution in [0.4, 0.5) is 5.82 Å². The maximum atomic E-state index is 12.4. The smallest absolute Gasteiger partial charge is 0.223 e. The maximum Gasteiger partial charge on any atom is 0.223 e. The van der Waals surface area contributed by atoms with Crippen LogP contribution in [0.25, 0.3) is 21.6 Å². The zero-order valence-electron chi connectivity index (χ0n) is 18.4. The molecule has 7 nitrogen and oxygen atoms in total. The van der Waals surface area contributed by atoms with Crippen molar-refractivity contribution in [3.05, 3.63) is 35.0 Å². The molecule has 2 N–H and O–H groups in total. The molecule has 168 valence electrons.